The summed E-state index contributed by atoms with van der Waals surface area (Å²) < 4.78 is 0. The maximum absolute atomic E-state index is 11.3. The van der Waals surface area contributed by atoms with Gasteiger partial charge in [-0.2, -0.15) is 0 Å². The number of nitrogens with one attached hydrogen (secondary N) is 1. The van der Waals surface area contributed by atoms with Crippen molar-refractivity contribution in [3.63, 3.8) is 0 Å². The van der Waals surface area contributed by atoms with E-state index in [1.807, 2.05) is 11.8 Å². The van der Waals surface area contributed by atoms with Crippen molar-refractivity contribution >= 4 is 17.3 Å². The Kier molecular flexibility index (Phi) is 4.03. The highest BCUT2D eigenvalue weighted by Gasteiger charge is 2.32. The molecule has 0 aromatic carbocycles. The van der Waals surface area contributed by atoms with E-state index >= 15 is 0 Å². The van der Waals surface area contributed by atoms with Crippen LogP contribution in [0.15, 0.2) is 6.33 Å². The fourth-order valence-electron chi connectivity index (χ4n) is 2.27. The Bertz CT molecular complexity index is 496. The molecule has 0 bridgehead atoms. The zero-order valence-corrected chi connectivity index (χ0v) is 11.7. The van der Waals surface area contributed by atoms with E-state index in [0.29, 0.717) is 38.3 Å². The average molecular weight is 281 g/mol. The zero-order chi connectivity index (χ0) is 14.8. The van der Waals surface area contributed by atoms with Gasteiger partial charge in [-0.3, -0.25) is 10.1 Å². The lowest BCUT2D eigenvalue weighted by Gasteiger charge is -2.36. The van der Waals surface area contributed by atoms with Crippen molar-refractivity contribution in [2.24, 2.45) is 0 Å². The molecule has 0 radical (unpaired) electrons. The molecule has 8 nitrogen and oxygen atoms in total. The van der Waals surface area contributed by atoms with Crippen LogP contribution in [0.2, 0.25) is 0 Å². The van der Waals surface area contributed by atoms with E-state index in [9.17, 15) is 15.2 Å². The number of aromatic nitrogens is 2. The summed E-state index contributed by atoms with van der Waals surface area (Å²) in [6.45, 7) is 5.26. The Morgan fingerprint density at radius 2 is 2.15 bits per heavy atom. The molecule has 0 unspecified atom stereocenters. The Balaban J connectivity index is 2.32. The quantitative estimate of drug-likeness (QED) is 0.630. The molecule has 0 spiro atoms. The first kappa shape index (κ1) is 14.4. The van der Waals surface area contributed by atoms with Crippen LogP contribution >= 0.6 is 0 Å². The summed E-state index contributed by atoms with van der Waals surface area (Å²) in [4.78, 5) is 20.7. The lowest BCUT2D eigenvalue weighted by molar-refractivity contribution is -0.383. The summed E-state index contributed by atoms with van der Waals surface area (Å²) in [5, 5.41) is 24.1. The second kappa shape index (κ2) is 5.58. The summed E-state index contributed by atoms with van der Waals surface area (Å²) in [5.41, 5.74) is -0.807. The number of piperidine rings is 1. The number of anilines is 2. The Morgan fingerprint density at radius 3 is 2.70 bits per heavy atom. The number of hydrogen-bond donors (Lipinski definition) is 2. The van der Waals surface area contributed by atoms with E-state index in [1.165, 1.54) is 6.33 Å². The molecule has 1 aromatic heterocycles. The number of rotatable bonds is 4. The van der Waals surface area contributed by atoms with E-state index in [4.69, 9.17) is 0 Å². The molecule has 1 saturated heterocycles. The Morgan fingerprint density at radius 1 is 1.50 bits per heavy atom. The summed E-state index contributed by atoms with van der Waals surface area (Å²) in [6, 6.07) is 0. The van der Waals surface area contributed by atoms with Gasteiger partial charge in [0, 0.05) is 19.6 Å². The summed E-state index contributed by atoms with van der Waals surface area (Å²) in [5.74, 6) is 0.552. The van der Waals surface area contributed by atoms with E-state index in [2.05, 4.69) is 15.3 Å². The molecule has 0 aliphatic carbocycles. The van der Waals surface area contributed by atoms with Crippen molar-refractivity contribution in [2.45, 2.75) is 32.3 Å². The first-order valence-corrected chi connectivity index (χ1v) is 6.65. The van der Waals surface area contributed by atoms with Gasteiger partial charge in [0.1, 0.15) is 6.33 Å². The van der Waals surface area contributed by atoms with Gasteiger partial charge in [-0.15, -0.1) is 0 Å². The first-order chi connectivity index (χ1) is 9.44. The molecule has 8 heteroatoms. The van der Waals surface area contributed by atoms with Gasteiger partial charge in [-0.05, 0) is 26.7 Å². The van der Waals surface area contributed by atoms with Crippen LogP contribution in [0.3, 0.4) is 0 Å². The maximum Gasteiger partial charge on any atom is 0.353 e. The summed E-state index contributed by atoms with van der Waals surface area (Å²) in [7, 11) is 0. The molecule has 110 valence electrons. The monoisotopic (exact) mass is 281 g/mol. The predicted molar refractivity (Wildman–Crippen MR) is 74.9 cm³/mol. The molecule has 1 aromatic rings. The largest absolute Gasteiger partial charge is 0.390 e. The first-order valence-electron chi connectivity index (χ1n) is 6.65. The molecule has 1 fully saturated rings. The molecule has 2 N–H and O–H groups in total. The maximum atomic E-state index is 11.3. The van der Waals surface area contributed by atoms with Crippen LogP contribution in [0.1, 0.15) is 26.7 Å². The minimum atomic E-state index is -0.706. The Labute approximate surface area is 117 Å². The number of nitrogens with zero attached hydrogens (tertiary/aromatic N) is 4. The second-order valence-electron chi connectivity index (χ2n) is 5.17. The van der Waals surface area contributed by atoms with Gasteiger partial charge in [0.2, 0.25) is 11.6 Å². The van der Waals surface area contributed by atoms with Gasteiger partial charge in [-0.1, -0.05) is 0 Å². The zero-order valence-electron chi connectivity index (χ0n) is 11.7. The van der Waals surface area contributed by atoms with Gasteiger partial charge < -0.3 is 15.3 Å². The van der Waals surface area contributed by atoms with Gasteiger partial charge in [-0.25, -0.2) is 9.97 Å². The minimum absolute atomic E-state index is 0.101. The molecule has 0 saturated carbocycles. The molecular weight excluding hydrogens is 262 g/mol. The third-order valence-electron chi connectivity index (χ3n) is 3.47. The van der Waals surface area contributed by atoms with E-state index in [-0.39, 0.29) is 11.5 Å². The molecule has 20 heavy (non-hydrogen) atoms. The fourth-order valence-corrected chi connectivity index (χ4v) is 2.27. The minimum Gasteiger partial charge on any atom is -0.390 e. The van der Waals surface area contributed by atoms with Crippen molar-refractivity contribution in [3.8, 4) is 0 Å². The van der Waals surface area contributed by atoms with Crippen molar-refractivity contribution < 1.29 is 10.0 Å². The standard InChI is InChI=1S/C12H19N5O3/c1-3-13-10-9(17(19)20)11(15-8-14-10)16-6-4-12(2,18)5-7-16/h8,18H,3-7H2,1-2H3,(H,13,14,15). The SMILES string of the molecule is CCNc1ncnc(N2CCC(C)(O)CC2)c1[N+](=O)[O-]. The lowest BCUT2D eigenvalue weighted by atomic mass is 9.94. The third kappa shape index (κ3) is 2.96. The number of hydrogen-bond acceptors (Lipinski definition) is 7. The second-order valence-corrected chi connectivity index (χ2v) is 5.17. The fraction of sp³-hybridized carbons (Fsp3) is 0.667. The third-order valence-corrected chi connectivity index (χ3v) is 3.47. The molecule has 2 heterocycles. The molecule has 0 amide bonds. The molecule has 1 aliphatic rings. The van der Waals surface area contributed by atoms with Crippen molar-refractivity contribution in [1.82, 2.24) is 9.97 Å². The molecule has 1 aliphatic heterocycles. The van der Waals surface area contributed by atoms with Crippen molar-refractivity contribution in [1.29, 1.82) is 0 Å². The van der Waals surface area contributed by atoms with Crippen LogP contribution in [0, 0.1) is 10.1 Å². The van der Waals surface area contributed by atoms with Gasteiger partial charge in [0.05, 0.1) is 10.5 Å². The van der Waals surface area contributed by atoms with Gasteiger partial charge in [0.25, 0.3) is 0 Å². The number of aliphatic hydroxyl groups is 1. The highest BCUT2D eigenvalue weighted by Crippen LogP contribution is 2.34. The lowest BCUT2D eigenvalue weighted by Crippen LogP contribution is -2.43. The molecule has 2 rings (SSSR count). The van der Waals surface area contributed by atoms with Crippen LogP contribution in [-0.4, -0.2) is 45.2 Å². The van der Waals surface area contributed by atoms with Crippen LogP contribution in [0.4, 0.5) is 17.3 Å². The van der Waals surface area contributed by atoms with Crippen molar-refractivity contribution in [2.75, 3.05) is 29.9 Å². The van der Waals surface area contributed by atoms with E-state index in [0.717, 1.165) is 0 Å². The highest BCUT2D eigenvalue weighted by molar-refractivity contribution is 5.70. The van der Waals surface area contributed by atoms with Gasteiger partial charge >= 0.3 is 5.69 Å². The average Bonchev–Trinajstić information content (AvgIpc) is 2.38. The molecule has 0 atom stereocenters. The van der Waals surface area contributed by atoms with Gasteiger partial charge in [0.15, 0.2) is 0 Å². The predicted octanol–water partition coefficient (Wildman–Crippen LogP) is 1.17. The number of nitro groups is 1. The summed E-state index contributed by atoms with van der Waals surface area (Å²) >= 11 is 0. The molecular formula is C12H19N5O3. The summed E-state index contributed by atoms with van der Waals surface area (Å²) in [6.07, 6.45) is 2.45. The van der Waals surface area contributed by atoms with Crippen LogP contribution in [-0.2, 0) is 0 Å². The van der Waals surface area contributed by atoms with E-state index < -0.39 is 10.5 Å². The topological polar surface area (TPSA) is 104 Å². The van der Waals surface area contributed by atoms with Crippen LogP contribution in [0.5, 0.6) is 0 Å². The highest BCUT2D eigenvalue weighted by atomic mass is 16.6. The van der Waals surface area contributed by atoms with E-state index in [1.54, 1.807) is 6.92 Å². The van der Waals surface area contributed by atoms with Crippen molar-refractivity contribution in [3.05, 3.63) is 16.4 Å². The normalized spacial score (nSPS) is 17.9. The smallest absolute Gasteiger partial charge is 0.353 e. The Hall–Kier alpha value is -1.96. The van der Waals surface area contributed by atoms with Crippen LogP contribution in [0.25, 0.3) is 0 Å². The van der Waals surface area contributed by atoms with Crippen LogP contribution < -0.4 is 10.2 Å².